The molecule has 0 saturated heterocycles. The fraction of sp³-hybridized carbons (Fsp3) is 0.333. The number of aryl methyl sites for hydroxylation is 1. The number of primary amides is 1. The lowest BCUT2D eigenvalue weighted by molar-refractivity contribution is -0.119. The van der Waals surface area contributed by atoms with Crippen LogP contribution in [-0.4, -0.2) is 18.4 Å². The van der Waals surface area contributed by atoms with Gasteiger partial charge in [0.25, 0.3) is 0 Å². The Bertz CT molecular complexity index is 497. The second kappa shape index (κ2) is 4.18. The third kappa shape index (κ3) is 2.01. The van der Waals surface area contributed by atoms with E-state index >= 15 is 0 Å². The standard InChI is InChI=1S/C12H15N3O2/c1-6-3-4-8-10(7(6)2)15-12(17)11(8)14-5-9(13)16/h3-4,11,14H,5H2,1-2H3,(H2,13,16)(H,15,17). The second-order valence-electron chi connectivity index (χ2n) is 4.24. The van der Waals surface area contributed by atoms with E-state index in [0.717, 1.165) is 22.4 Å². The summed E-state index contributed by atoms with van der Waals surface area (Å²) in [5.74, 6) is -0.620. The maximum atomic E-state index is 11.8. The smallest absolute Gasteiger partial charge is 0.246 e. The minimum Gasteiger partial charge on any atom is -0.369 e. The van der Waals surface area contributed by atoms with Gasteiger partial charge in [-0.1, -0.05) is 12.1 Å². The van der Waals surface area contributed by atoms with Crippen molar-refractivity contribution in [3.8, 4) is 0 Å². The van der Waals surface area contributed by atoms with Crippen LogP contribution in [-0.2, 0) is 9.59 Å². The van der Waals surface area contributed by atoms with Crippen LogP contribution < -0.4 is 16.4 Å². The quantitative estimate of drug-likeness (QED) is 0.705. The highest BCUT2D eigenvalue weighted by atomic mass is 16.2. The van der Waals surface area contributed by atoms with Gasteiger partial charge in [-0.15, -0.1) is 0 Å². The van der Waals surface area contributed by atoms with E-state index in [9.17, 15) is 9.59 Å². The summed E-state index contributed by atoms with van der Waals surface area (Å²) in [7, 11) is 0. The summed E-state index contributed by atoms with van der Waals surface area (Å²) < 4.78 is 0. The molecule has 0 fully saturated rings. The molecule has 90 valence electrons. The summed E-state index contributed by atoms with van der Waals surface area (Å²) in [6.45, 7) is 3.95. The molecule has 1 heterocycles. The van der Waals surface area contributed by atoms with E-state index in [4.69, 9.17) is 5.73 Å². The number of carbonyl (C=O) groups excluding carboxylic acids is 2. The topological polar surface area (TPSA) is 84.2 Å². The molecule has 17 heavy (non-hydrogen) atoms. The van der Waals surface area contributed by atoms with Crippen LogP contribution in [0.4, 0.5) is 5.69 Å². The second-order valence-corrected chi connectivity index (χ2v) is 4.24. The molecular formula is C12H15N3O2. The van der Waals surface area contributed by atoms with Gasteiger partial charge in [-0.05, 0) is 25.0 Å². The first kappa shape index (κ1) is 11.6. The Morgan fingerprint density at radius 1 is 1.47 bits per heavy atom. The average Bonchev–Trinajstić information content (AvgIpc) is 2.58. The van der Waals surface area contributed by atoms with Gasteiger partial charge in [0.2, 0.25) is 11.8 Å². The molecule has 1 atom stereocenters. The van der Waals surface area contributed by atoms with Crippen molar-refractivity contribution in [2.75, 3.05) is 11.9 Å². The first-order chi connectivity index (χ1) is 8.00. The first-order valence-corrected chi connectivity index (χ1v) is 5.43. The number of nitrogens with two attached hydrogens (primary N) is 1. The van der Waals surface area contributed by atoms with Gasteiger partial charge in [0.15, 0.2) is 0 Å². The summed E-state index contributed by atoms with van der Waals surface area (Å²) in [4.78, 5) is 22.5. The lowest BCUT2D eigenvalue weighted by Crippen LogP contribution is -2.34. The lowest BCUT2D eigenvalue weighted by atomic mass is 10.0. The van der Waals surface area contributed by atoms with Gasteiger partial charge in [0.05, 0.1) is 6.54 Å². The number of nitrogens with one attached hydrogen (secondary N) is 2. The van der Waals surface area contributed by atoms with Gasteiger partial charge >= 0.3 is 0 Å². The summed E-state index contributed by atoms with van der Waals surface area (Å²) in [6.07, 6.45) is 0. The summed E-state index contributed by atoms with van der Waals surface area (Å²) in [6, 6.07) is 3.37. The van der Waals surface area contributed by atoms with Crippen LogP contribution in [0.25, 0.3) is 0 Å². The number of benzene rings is 1. The van der Waals surface area contributed by atoms with Crippen molar-refractivity contribution in [3.63, 3.8) is 0 Å². The molecule has 1 aliphatic heterocycles. The number of anilines is 1. The number of hydrogen-bond acceptors (Lipinski definition) is 3. The SMILES string of the molecule is Cc1ccc2c(c1C)NC(=O)C2NCC(N)=O. The molecule has 0 aromatic heterocycles. The molecule has 4 N–H and O–H groups in total. The monoisotopic (exact) mass is 233 g/mol. The summed E-state index contributed by atoms with van der Waals surface area (Å²) >= 11 is 0. The number of carbonyl (C=O) groups is 2. The molecule has 0 radical (unpaired) electrons. The molecule has 5 nitrogen and oxygen atoms in total. The van der Waals surface area contributed by atoms with Gasteiger partial charge in [-0.2, -0.15) is 0 Å². The number of rotatable bonds is 3. The molecule has 5 heteroatoms. The van der Waals surface area contributed by atoms with Crippen LogP contribution in [0.1, 0.15) is 22.7 Å². The normalized spacial score (nSPS) is 17.8. The van der Waals surface area contributed by atoms with Crippen molar-refractivity contribution in [1.82, 2.24) is 5.32 Å². The number of fused-ring (bicyclic) bond motifs is 1. The highest BCUT2D eigenvalue weighted by Gasteiger charge is 2.31. The van der Waals surface area contributed by atoms with E-state index in [1.54, 1.807) is 0 Å². The van der Waals surface area contributed by atoms with Crippen molar-refractivity contribution < 1.29 is 9.59 Å². The fourth-order valence-electron chi connectivity index (χ4n) is 1.99. The van der Waals surface area contributed by atoms with Crippen molar-refractivity contribution in [2.45, 2.75) is 19.9 Å². The molecule has 0 saturated carbocycles. The third-order valence-electron chi connectivity index (χ3n) is 3.07. The Kier molecular flexibility index (Phi) is 2.85. The molecule has 2 amide bonds. The Hall–Kier alpha value is -1.88. The Labute approximate surface area is 99.4 Å². The van der Waals surface area contributed by atoms with Crippen LogP contribution in [0.5, 0.6) is 0 Å². The van der Waals surface area contributed by atoms with Gasteiger partial charge in [0.1, 0.15) is 6.04 Å². The lowest BCUT2D eigenvalue weighted by Gasteiger charge is -2.10. The summed E-state index contributed by atoms with van der Waals surface area (Å²) in [5, 5.41) is 5.67. The van der Waals surface area contributed by atoms with Crippen LogP contribution in [0.3, 0.4) is 0 Å². The van der Waals surface area contributed by atoms with Crippen molar-refractivity contribution >= 4 is 17.5 Å². The molecule has 1 unspecified atom stereocenters. The van der Waals surface area contributed by atoms with Crippen molar-refractivity contribution in [3.05, 3.63) is 28.8 Å². The van der Waals surface area contributed by atoms with E-state index in [-0.39, 0.29) is 12.5 Å². The van der Waals surface area contributed by atoms with Gasteiger partial charge in [0, 0.05) is 11.3 Å². The molecule has 0 aliphatic carbocycles. The third-order valence-corrected chi connectivity index (χ3v) is 3.07. The van der Waals surface area contributed by atoms with Gasteiger partial charge in [-0.25, -0.2) is 0 Å². The predicted octanol–water partition coefficient (Wildman–Crippen LogP) is 0.372. The molecule has 0 bridgehead atoms. The molecule has 1 aliphatic rings. The van der Waals surface area contributed by atoms with Crippen molar-refractivity contribution in [1.29, 1.82) is 0 Å². The zero-order valence-corrected chi connectivity index (χ0v) is 9.83. The van der Waals surface area contributed by atoms with Crippen LogP contribution in [0, 0.1) is 13.8 Å². The van der Waals surface area contributed by atoms with Crippen LogP contribution in [0.2, 0.25) is 0 Å². The maximum Gasteiger partial charge on any atom is 0.246 e. The predicted molar refractivity (Wildman–Crippen MR) is 64.5 cm³/mol. The highest BCUT2D eigenvalue weighted by molar-refractivity contribution is 6.03. The average molecular weight is 233 g/mol. The number of amides is 2. The fourth-order valence-corrected chi connectivity index (χ4v) is 1.99. The molecule has 1 aromatic carbocycles. The largest absolute Gasteiger partial charge is 0.369 e. The number of hydrogen-bond donors (Lipinski definition) is 3. The molecule has 0 spiro atoms. The van der Waals surface area contributed by atoms with Gasteiger partial charge < -0.3 is 11.1 Å². The first-order valence-electron chi connectivity index (χ1n) is 5.43. The van der Waals surface area contributed by atoms with Gasteiger partial charge in [-0.3, -0.25) is 14.9 Å². The molecular weight excluding hydrogens is 218 g/mol. The van der Waals surface area contributed by atoms with E-state index in [1.165, 1.54) is 0 Å². The van der Waals surface area contributed by atoms with E-state index in [0.29, 0.717) is 0 Å². The zero-order valence-electron chi connectivity index (χ0n) is 9.83. The van der Waals surface area contributed by atoms with Crippen LogP contribution in [0.15, 0.2) is 12.1 Å². The van der Waals surface area contributed by atoms with Crippen LogP contribution >= 0.6 is 0 Å². The Morgan fingerprint density at radius 3 is 2.82 bits per heavy atom. The van der Waals surface area contributed by atoms with E-state index in [2.05, 4.69) is 10.6 Å². The molecule has 2 rings (SSSR count). The minimum atomic E-state index is -0.489. The molecule has 1 aromatic rings. The zero-order chi connectivity index (χ0) is 12.6. The van der Waals surface area contributed by atoms with E-state index in [1.807, 2.05) is 26.0 Å². The minimum absolute atomic E-state index is 0.00947. The summed E-state index contributed by atoms with van der Waals surface area (Å²) in [5.41, 5.74) is 8.96. The Morgan fingerprint density at radius 2 is 2.18 bits per heavy atom. The maximum absolute atomic E-state index is 11.8. The van der Waals surface area contributed by atoms with Crippen molar-refractivity contribution in [2.24, 2.45) is 5.73 Å². The highest BCUT2D eigenvalue weighted by Crippen LogP contribution is 2.34. The van der Waals surface area contributed by atoms with E-state index < -0.39 is 11.9 Å². The Balaban J connectivity index is 2.31.